The normalized spacial score (nSPS) is 13.3. The summed E-state index contributed by atoms with van der Waals surface area (Å²) in [5.41, 5.74) is 2.58. The van der Waals surface area contributed by atoms with Crippen LogP contribution in [0, 0.1) is 5.82 Å². The van der Waals surface area contributed by atoms with E-state index in [1.54, 1.807) is 18.2 Å². The Hall–Kier alpha value is -3.59. The van der Waals surface area contributed by atoms with Crippen molar-refractivity contribution < 1.29 is 26.8 Å². The number of amides is 1. The summed E-state index contributed by atoms with van der Waals surface area (Å²) >= 11 is 0.951. The summed E-state index contributed by atoms with van der Waals surface area (Å²) in [6, 6.07) is 7.85. The Balaban J connectivity index is 1.44. The first-order valence-corrected chi connectivity index (χ1v) is 11.7. The molecule has 2 aromatic carbocycles. The maximum Gasteiger partial charge on any atom is 0.291 e. The highest BCUT2D eigenvalue weighted by Gasteiger charge is 2.23. The zero-order valence-electron chi connectivity index (χ0n) is 16.5. The molecule has 2 aromatic heterocycles. The number of fused-ring (bicyclic) bond motifs is 2. The third-order valence-electron chi connectivity index (χ3n) is 4.86. The van der Waals surface area contributed by atoms with Gasteiger partial charge < -0.3 is 9.73 Å². The number of thiazole rings is 1. The molecule has 0 saturated carbocycles. The van der Waals surface area contributed by atoms with E-state index in [0.717, 1.165) is 16.9 Å². The Morgan fingerprint density at radius 3 is 2.85 bits per heavy atom. The van der Waals surface area contributed by atoms with Crippen molar-refractivity contribution in [3.63, 3.8) is 0 Å². The van der Waals surface area contributed by atoms with Crippen LogP contribution in [0.15, 0.2) is 34.7 Å². The van der Waals surface area contributed by atoms with Gasteiger partial charge in [0.2, 0.25) is 5.89 Å². The van der Waals surface area contributed by atoms with E-state index in [-0.39, 0.29) is 28.9 Å². The van der Waals surface area contributed by atoms with Crippen LogP contribution in [-0.2, 0) is 23.3 Å². The van der Waals surface area contributed by atoms with E-state index < -0.39 is 27.7 Å². The average molecular weight is 488 g/mol. The Bertz CT molecular complexity index is 1560. The number of carbonyl (C=O) groups is 2. The summed E-state index contributed by atoms with van der Waals surface area (Å²) in [6.07, 6.45) is 0. The maximum absolute atomic E-state index is 14.9. The Kier molecular flexibility index (Phi) is 5.01. The van der Waals surface area contributed by atoms with E-state index in [1.165, 1.54) is 12.1 Å². The van der Waals surface area contributed by atoms with Crippen LogP contribution in [-0.4, -0.2) is 35.3 Å². The number of halogens is 1. The summed E-state index contributed by atoms with van der Waals surface area (Å²) in [4.78, 5) is 28.7. The molecular weight excluding hydrogens is 475 g/mol. The number of hydrogen-bond acceptors (Lipinski definition) is 9. The lowest BCUT2D eigenvalue weighted by atomic mass is 10.00. The molecule has 0 saturated heterocycles. The van der Waals surface area contributed by atoms with Crippen LogP contribution in [0.2, 0.25) is 0 Å². The molecule has 4 aromatic rings. The van der Waals surface area contributed by atoms with Gasteiger partial charge in [-0.25, -0.2) is 14.5 Å². The quantitative estimate of drug-likeness (QED) is 0.340. The first-order valence-electron chi connectivity index (χ1n) is 9.34. The molecule has 3 heterocycles. The van der Waals surface area contributed by atoms with Gasteiger partial charge in [0.25, 0.3) is 27.8 Å². The number of nitrogens with one attached hydrogen (secondary N) is 2. The zero-order chi connectivity index (χ0) is 23.3. The summed E-state index contributed by atoms with van der Waals surface area (Å²) in [5.74, 6) is -1.91. The fraction of sp³-hybridized carbons (Fsp3) is 0.105. The van der Waals surface area contributed by atoms with Crippen LogP contribution in [0.3, 0.4) is 0 Å². The van der Waals surface area contributed by atoms with Gasteiger partial charge in [-0.3, -0.25) is 9.59 Å². The van der Waals surface area contributed by atoms with Crippen LogP contribution in [0.1, 0.15) is 37.5 Å². The first kappa shape index (κ1) is 21.3. The number of carbonyl (C=O) groups excluding carboxylic acids is 2. The molecule has 0 radical (unpaired) electrons. The minimum Gasteiger partial charge on any atom is -0.417 e. The van der Waals surface area contributed by atoms with Crippen molar-refractivity contribution in [2.75, 3.05) is 0 Å². The number of hydrogen-bond donors (Lipinski definition) is 3. The number of rotatable bonds is 6. The Morgan fingerprint density at radius 1 is 1.24 bits per heavy atom. The molecule has 11 nitrogen and oxygen atoms in total. The molecule has 0 bridgehead atoms. The molecule has 1 aliphatic rings. The van der Waals surface area contributed by atoms with Gasteiger partial charge in [0.1, 0.15) is 5.82 Å². The van der Waals surface area contributed by atoms with E-state index in [2.05, 4.69) is 20.5 Å². The molecule has 33 heavy (non-hydrogen) atoms. The van der Waals surface area contributed by atoms with Crippen LogP contribution in [0.4, 0.5) is 4.39 Å². The van der Waals surface area contributed by atoms with E-state index in [9.17, 15) is 22.4 Å². The Morgan fingerprint density at radius 2 is 2.06 bits per heavy atom. The zero-order valence-corrected chi connectivity index (χ0v) is 18.1. The molecule has 5 rings (SSSR count). The number of benzene rings is 2. The van der Waals surface area contributed by atoms with Crippen molar-refractivity contribution in [2.45, 2.75) is 13.1 Å². The summed E-state index contributed by atoms with van der Waals surface area (Å²) in [7, 11) is -3.97. The minimum atomic E-state index is -3.97. The fourth-order valence-electron chi connectivity index (χ4n) is 3.34. The van der Waals surface area contributed by atoms with Gasteiger partial charge in [-0.1, -0.05) is 6.07 Å². The highest BCUT2D eigenvalue weighted by molar-refractivity contribution is 7.87. The van der Waals surface area contributed by atoms with Crippen molar-refractivity contribution in [3.05, 3.63) is 64.1 Å². The predicted octanol–water partition coefficient (Wildman–Crippen LogP) is 1.25. The molecule has 1 amide bonds. The molecule has 14 heteroatoms. The number of nitrogens with two attached hydrogens (primary N) is 1. The third kappa shape index (κ3) is 4.11. The Labute approximate surface area is 189 Å². The van der Waals surface area contributed by atoms with Gasteiger partial charge in [-0.05, 0) is 35.4 Å². The average Bonchev–Trinajstić information content (AvgIpc) is 3.49. The van der Waals surface area contributed by atoms with Gasteiger partial charge >= 0.3 is 0 Å². The number of aromatic nitrogens is 3. The topological polar surface area (TPSA) is 170 Å². The monoisotopic (exact) mass is 488 g/mol. The summed E-state index contributed by atoms with van der Waals surface area (Å²) in [6.45, 7) is -0.00442. The standard InChI is InChI=1S/C19H13FN6O5S2/c20-12-5-14-13(4-11(12)8-1-2-10-9(3-8)6-22-17(10)28)24-19(32-14)16(27)18-26-25-15(31-18)7-23-33(21,29)30/h1-5,23H,6-7H2,(H,22,28)(H2,21,29,30). The first-order chi connectivity index (χ1) is 15.7. The van der Waals surface area contributed by atoms with Crippen molar-refractivity contribution in [2.24, 2.45) is 5.14 Å². The van der Waals surface area contributed by atoms with Gasteiger partial charge in [0.05, 0.1) is 16.8 Å². The van der Waals surface area contributed by atoms with Gasteiger partial charge in [-0.2, -0.15) is 13.1 Å². The molecule has 1 aliphatic heterocycles. The van der Waals surface area contributed by atoms with Gasteiger partial charge in [-0.15, -0.1) is 21.5 Å². The SMILES string of the molecule is NS(=O)(=O)NCc1nnc(C(=O)c2nc3cc(-c4ccc5c(c4)CNC5=O)c(F)cc3s2)o1. The second-order valence-corrected chi connectivity index (χ2v) is 9.48. The van der Waals surface area contributed by atoms with E-state index in [0.29, 0.717) is 27.9 Å². The van der Waals surface area contributed by atoms with Crippen LogP contribution < -0.4 is 15.2 Å². The third-order valence-corrected chi connectivity index (χ3v) is 6.42. The lowest BCUT2D eigenvalue weighted by Gasteiger charge is -2.05. The second kappa shape index (κ2) is 7.77. The van der Waals surface area contributed by atoms with Crippen molar-refractivity contribution in [3.8, 4) is 11.1 Å². The second-order valence-electron chi connectivity index (χ2n) is 7.07. The molecule has 0 fully saturated rings. The molecule has 0 spiro atoms. The lowest BCUT2D eigenvalue weighted by Crippen LogP contribution is -2.30. The molecule has 168 valence electrons. The lowest BCUT2D eigenvalue weighted by molar-refractivity contribution is 0.0964. The molecule has 0 unspecified atom stereocenters. The fourth-order valence-corrected chi connectivity index (χ4v) is 4.57. The summed E-state index contributed by atoms with van der Waals surface area (Å²) < 4.78 is 44.3. The van der Waals surface area contributed by atoms with E-state index in [1.807, 2.05) is 4.72 Å². The van der Waals surface area contributed by atoms with Crippen molar-refractivity contribution in [1.29, 1.82) is 0 Å². The predicted molar refractivity (Wildman–Crippen MR) is 114 cm³/mol. The molecule has 0 aliphatic carbocycles. The minimum absolute atomic E-state index is 0.0000874. The molecule has 0 atom stereocenters. The molecule has 4 N–H and O–H groups in total. The largest absolute Gasteiger partial charge is 0.417 e. The molecular formula is C19H13FN6O5S2. The van der Waals surface area contributed by atoms with Crippen LogP contribution in [0.25, 0.3) is 21.3 Å². The summed E-state index contributed by atoms with van der Waals surface area (Å²) in [5, 5.41) is 14.7. The van der Waals surface area contributed by atoms with Gasteiger partial charge in [0.15, 0.2) is 5.01 Å². The smallest absolute Gasteiger partial charge is 0.291 e. The maximum atomic E-state index is 14.9. The van der Waals surface area contributed by atoms with Crippen LogP contribution in [0.5, 0.6) is 0 Å². The van der Waals surface area contributed by atoms with Crippen molar-refractivity contribution >= 4 is 43.5 Å². The highest BCUT2D eigenvalue weighted by Crippen LogP contribution is 2.33. The van der Waals surface area contributed by atoms with Crippen LogP contribution >= 0.6 is 11.3 Å². The van der Waals surface area contributed by atoms with Gasteiger partial charge in [0, 0.05) is 17.7 Å². The number of nitrogens with zero attached hydrogens (tertiary/aromatic N) is 3. The van der Waals surface area contributed by atoms with E-state index in [4.69, 9.17) is 9.56 Å². The number of ketones is 1. The highest BCUT2D eigenvalue weighted by atomic mass is 32.2. The van der Waals surface area contributed by atoms with E-state index >= 15 is 0 Å². The van der Waals surface area contributed by atoms with Crippen molar-refractivity contribution in [1.82, 2.24) is 25.2 Å².